The van der Waals surface area contributed by atoms with Gasteiger partial charge in [0.15, 0.2) is 0 Å². The molecule has 2 unspecified atom stereocenters. The minimum Gasteiger partial charge on any atom is -0.507 e. The Hall–Kier alpha value is -1.07. The van der Waals surface area contributed by atoms with Crippen LogP contribution in [-0.2, 0) is 17.3 Å². The molecule has 18 heavy (non-hydrogen) atoms. The smallest absolute Gasteiger partial charge is 0.123 e. The predicted octanol–water partition coefficient (Wildman–Crippen LogP) is 1.65. The van der Waals surface area contributed by atoms with Gasteiger partial charge in [-0.2, -0.15) is 0 Å². The summed E-state index contributed by atoms with van der Waals surface area (Å²) in [5.41, 5.74) is 0.834. The molecule has 2 N–H and O–H groups in total. The van der Waals surface area contributed by atoms with Crippen LogP contribution < -0.4 is 10.1 Å². The molecule has 1 rings (SSSR count). The molecule has 0 amide bonds. The van der Waals surface area contributed by atoms with Crippen LogP contribution in [0.1, 0.15) is 18.9 Å². The molecule has 1 aromatic carbocycles. The van der Waals surface area contributed by atoms with Crippen molar-refractivity contribution in [1.29, 1.82) is 0 Å². The summed E-state index contributed by atoms with van der Waals surface area (Å²) in [5, 5.41) is 13.1. The van der Waals surface area contributed by atoms with Crippen LogP contribution in [-0.4, -0.2) is 34.5 Å². The second-order valence-corrected chi connectivity index (χ2v) is 5.90. The molecule has 2 atom stereocenters. The molecule has 0 aromatic heterocycles. The van der Waals surface area contributed by atoms with E-state index >= 15 is 0 Å². The van der Waals surface area contributed by atoms with Gasteiger partial charge < -0.3 is 15.2 Å². The highest BCUT2D eigenvalue weighted by Gasteiger charge is 2.06. The molecule has 0 heterocycles. The predicted molar refractivity (Wildman–Crippen MR) is 74.5 cm³/mol. The highest BCUT2D eigenvalue weighted by atomic mass is 32.2. The molecular formula is C13H21NO3S. The molecule has 0 radical (unpaired) electrons. The van der Waals surface area contributed by atoms with Gasteiger partial charge in [-0.25, -0.2) is 0 Å². The first kappa shape index (κ1) is 15.0. The lowest BCUT2D eigenvalue weighted by atomic mass is 10.1. The van der Waals surface area contributed by atoms with Crippen molar-refractivity contribution >= 4 is 10.8 Å². The van der Waals surface area contributed by atoms with Gasteiger partial charge in [-0.1, -0.05) is 6.07 Å². The number of methoxy groups -OCH3 is 1. The number of rotatable bonds is 7. The Morgan fingerprint density at radius 2 is 2.22 bits per heavy atom. The SMILES string of the molecule is COc1ccc(CNC(C)CCS(C)=O)c(O)c1. The van der Waals surface area contributed by atoms with E-state index in [1.165, 1.54) is 0 Å². The van der Waals surface area contributed by atoms with Crippen LogP contribution in [0.15, 0.2) is 18.2 Å². The van der Waals surface area contributed by atoms with Crippen LogP contribution in [0.5, 0.6) is 11.5 Å². The van der Waals surface area contributed by atoms with E-state index in [1.807, 2.05) is 19.1 Å². The topological polar surface area (TPSA) is 58.6 Å². The van der Waals surface area contributed by atoms with Crippen molar-refractivity contribution in [2.75, 3.05) is 19.1 Å². The molecule has 1 aromatic rings. The number of hydrogen-bond acceptors (Lipinski definition) is 4. The van der Waals surface area contributed by atoms with Gasteiger partial charge in [0.1, 0.15) is 11.5 Å². The third-order valence-corrected chi connectivity index (χ3v) is 3.58. The van der Waals surface area contributed by atoms with Crippen LogP contribution in [0, 0.1) is 0 Å². The van der Waals surface area contributed by atoms with Gasteiger partial charge in [0.05, 0.1) is 7.11 Å². The number of ether oxygens (including phenoxy) is 1. The summed E-state index contributed by atoms with van der Waals surface area (Å²) in [6, 6.07) is 5.53. The van der Waals surface area contributed by atoms with Crippen LogP contribution in [0.4, 0.5) is 0 Å². The highest BCUT2D eigenvalue weighted by molar-refractivity contribution is 7.84. The van der Waals surface area contributed by atoms with Crippen molar-refractivity contribution in [2.24, 2.45) is 0 Å². The number of phenols is 1. The molecule has 102 valence electrons. The standard InChI is InChI=1S/C13H21NO3S/c1-10(6-7-18(3)16)14-9-11-4-5-12(17-2)8-13(11)15/h4-5,8,10,14-15H,6-7,9H2,1-3H3. The van der Waals surface area contributed by atoms with Crippen molar-refractivity contribution in [1.82, 2.24) is 5.32 Å². The lowest BCUT2D eigenvalue weighted by molar-refractivity contribution is 0.405. The van der Waals surface area contributed by atoms with Crippen molar-refractivity contribution in [3.63, 3.8) is 0 Å². The molecule has 0 fully saturated rings. The van der Waals surface area contributed by atoms with E-state index in [-0.39, 0.29) is 11.8 Å². The van der Waals surface area contributed by atoms with Crippen molar-refractivity contribution in [2.45, 2.75) is 25.9 Å². The number of hydrogen-bond donors (Lipinski definition) is 2. The average Bonchev–Trinajstić information content (AvgIpc) is 2.34. The van der Waals surface area contributed by atoms with Crippen LogP contribution in [0.3, 0.4) is 0 Å². The van der Waals surface area contributed by atoms with Crippen LogP contribution in [0.25, 0.3) is 0 Å². The maximum atomic E-state index is 11.0. The van der Waals surface area contributed by atoms with E-state index in [4.69, 9.17) is 4.74 Å². The zero-order chi connectivity index (χ0) is 13.5. The molecule has 0 spiro atoms. The van der Waals surface area contributed by atoms with E-state index in [9.17, 15) is 9.32 Å². The van der Waals surface area contributed by atoms with Crippen molar-refractivity contribution in [3.8, 4) is 11.5 Å². The van der Waals surface area contributed by atoms with E-state index in [2.05, 4.69) is 5.32 Å². The minimum atomic E-state index is -0.749. The molecule has 0 saturated carbocycles. The molecule has 0 bridgehead atoms. The average molecular weight is 271 g/mol. The normalized spacial score (nSPS) is 14.2. The van der Waals surface area contributed by atoms with Gasteiger partial charge in [-0.3, -0.25) is 4.21 Å². The third-order valence-electron chi connectivity index (χ3n) is 2.77. The zero-order valence-electron chi connectivity index (χ0n) is 11.1. The van der Waals surface area contributed by atoms with Crippen molar-refractivity contribution in [3.05, 3.63) is 23.8 Å². The molecule has 4 nitrogen and oxygen atoms in total. The molecule has 0 aliphatic heterocycles. The fourth-order valence-corrected chi connectivity index (χ4v) is 2.23. The maximum absolute atomic E-state index is 11.0. The zero-order valence-corrected chi connectivity index (χ0v) is 11.9. The van der Waals surface area contributed by atoms with Gasteiger partial charge in [-0.05, 0) is 19.4 Å². The number of nitrogens with one attached hydrogen (secondary N) is 1. The molecule has 5 heteroatoms. The summed E-state index contributed by atoms with van der Waals surface area (Å²) in [7, 11) is 0.820. The maximum Gasteiger partial charge on any atom is 0.123 e. The highest BCUT2D eigenvalue weighted by Crippen LogP contribution is 2.23. The summed E-state index contributed by atoms with van der Waals surface area (Å²) < 4.78 is 16.0. The van der Waals surface area contributed by atoms with Gasteiger partial charge in [-0.15, -0.1) is 0 Å². The lowest BCUT2D eigenvalue weighted by Crippen LogP contribution is -2.27. The Bertz CT molecular complexity index is 409. The minimum absolute atomic E-state index is 0.230. The first-order valence-corrected chi connectivity index (χ1v) is 7.65. The Labute approximate surface area is 111 Å². The Kier molecular flexibility index (Phi) is 6.15. The summed E-state index contributed by atoms with van der Waals surface area (Å²) in [5.74, 6) is 1.57. The summed E-state index contributed by atoms with van der Waals surface area (Å²) >= 11 is 0. The lowest BCUT2D eigenvalue weighted by Gasteiger charge is -2.14. The molecule has 0 aliphatic carbocycles. The Balaban J connectivity index is 2.45. The number of phenolic OH excluding ortho intramolecular Hbond substituents is 1. The molecular weight excluding hydrogens is 250 g/mol. The van der Waals surface area contributed by atoms with E-state index in [1.54, 1.807) is 19.4 Å². The second kappa shape index (κ2) is 7.38. The molecule has 0 aliphatic rings. The van der Waals surface area contributed by atoms with Gasteiger partial charge in [0.25, 0.3) is 0 Å². The Morgan fingerprint density at radius 3 is 2.78 bits per heavy atom. The number of aromatic hydroxyl groups is 1. The van der Waals surface area contributed by atoms with E-state index in [0.29, 0.717) is 18.0 Å². The third kappa shape index (κ3) is 5.06. The van der Waals surface area contributed by atoms with Crippen LogP contribution in [0.2, 0.25) is 0 Å². The monoisotopic (exact) mass is 271 g/mol. The van der Waals surface area contributed by atoms with Crippen LogP contribution >= 0.6 is 0 Å². The summed E-state index contributed by atoms with van der Waals surface area (Å²) in [6.45, 7) is 2.64. The molecule has 0 saturated heterocycles. The largest absolute Gasteiger partial charge is 0.507 e. The first-order chi connectivity index (χ1) is 8.52. The van der Waals surface area contributed by atoms with E-state index in [0.717, 1.165) is 12.0 Å². The fraction of sp³-hybridized carbons (Fsp3) is 0.538. The Morgan fingerprint density at radius 1 is 1.50 bits per heavy atom. The summed E-state index contributed by atoms with van der Waals surface area (Å²) in [6.07, 6.45) is 2.57. The second-order valence-electron chi connectivity index (χ2n) is 4.34. The van der Waals surface area contributed by atoms with Crippen molar-refractivity contribution < 1.29 is 14.1 Å². The fourth-order valence-electron chi connectivity index (χ4n) is 1.55. The van der Waals surface area contributed by atoms with Gasteiger partial charge >= 0.3 is 0 Å². The quantitative estimate of drug-likeness (QED) is 0.791. The number of benzene rings is 1. The summed E-state index contributed by atoms with van der Waals surface area (Å²) in [4.78, 5) is 0. The van der Waals surface area contributed by atoms with E-state index < -0.39 is 10.8 Å². The van der Waals surface area contributed by atoms with Gasteiger partial charge in [0, 0.05) is 47.0 Å². The first-order valence-electron chi connectivity index (χ1n) is 5.92. The van der Waals surface area contributed by atoms with Gasteiger partial charge in [0.2, 0.25) is 0 Å².